The molecule has 0 aliphatic carbocycles. The molecule has 2 aromatic heterocycles. The molecule has 1 amide bonds. The highest BCUT2D eigenvalue weighted by atomic mass is 32.2. The summed E-state index contributed by atoms with van der Waals surface area (Å²) in [6.45, 7) is 0. The lowest BCUT2D eigenvalue weighted by atomic mass is 10.2. The normalized spacial score (nSPS) is 11.1. The van der Waals surface area contributed by atoms with Gasteiger partial charge in [-0.2, -0.15) is 0 Å². The third-order valence-electron chi connectivity index (χ3n) is 4.89. The van der Waals surface area contributed by atoms with Crippen LogP contribution in [0, 0.1) is 0 Å². The molecule has 5 aromatic rings. The van der Waals surface area contributed by atoms with Gasteiger partial charge in [0.25, 0.3) is 5.56 Å². The van der Waals surface area contributed by atoms with Gasteiger partial charge in [0.05, 0.1) is 33.4 Å². The minimum Gasteiger partial charge on any atom is -0.325 e. The number of carbonyl (C=O) groups is 1. The summed E-state index contributed by atoms with van der Waals surface area (Å²) in [6.07, 6.45) is 0. The first-order valence-corrected chi connectivity index (χ1v) is 10.8. The molecular formula is C23H17N5O3S. The number of hydrogen-bond acceptors (Lipinski definition) is 5. The molecule has 3 aromatic carbocycles. The van der Waals surface area contributed by atoms with Gasteiger partial charge in [-0.05, 0) is 42.5 Å². The third kappa shape index (κ3) is 3.81. The summed E-state index contributed by atoms with van der Waals surface area (Å²) in [4.78, 5) is 47.2. The molecule has 5 rings (SSSR count). The molecule has 0 bridgehead atoms. The van der Waals surface area contributed by atoms with E-state index in [9.17, 15) is 14.4 Å². The van der Waals surface area contributed by atoms with Crippen molar-refractivity contribution in [3.8, 4) is 5.69 Å². The summed E-state index contributed by atoms with van der Waals surface area (Å²) in [6, 6.07) is 21.5. The average Bonchev–Trinajstić information content (AvgIpc) is 3.17. The highest BCUT2D eigenvalue weighted by Crippen LogP contribution is 2.22. The minimum atomic E-state index is -0.305. The predicted octanol–water partition coefficient (Wildman–Crippen LogP) is 3.29. The van der Waals surface area contributed by atoms with Crippen LogP contribution in [0.1, 0.15) is 0 Å². The topological polar surface area (TPSA) is 113 Å². The smallest absolute Gasteiger partial charge is 0.323 e. The van der Waals surface area contributed by atoms with Crippen molar-refractivity contribution in [3.05, 3.63) is 93.6 Å². The lowest BCUT2D eigenvalue weighted by molar-refractivity contribution is -0.113. The Hall–Kier alpha value is -4.11. The molecule has 32 heavy (non-hydrogen) atoms. The predicted molar refractivity (Wildman–Crippen MR) is 126 cm³/mol. The maximum atomic E-state index is 13.2. The second kappa shape index (κ2) is 8.20. The maximum absolute atomic E-state index is 13.2. The standard InChI is InChI=1S/C23H17N5O3S/c29-20(24-14-10-11-18-19(12-14)26-22(31)25-18)13-32-23-27-17-9-5-4-8-16(17)21(30)28(23)15-6-2-1-3-7-15/h1-12H,13H2,(H,24,29)(H2,25,26,31). The van der Waals surface area contributed by atoms with E-state index >= 15 is 0 Å². The van der Waals surface area contributed by atoms with Crippen molar-refractivity contribution >= 4 is 45.3 Å². The number of carbonyl (C=O) groups excluding carboxylic acids is 1. The second-order valence-corrected chi connectivity index (χ2v) is 8.01. The first-order valence-electron chi connectivity index (χ1n) is 9.80. The van der Waals surface area contributed by atoms with E-state index in [1.807, 2.05) is 36.4 Å². The van der Waals surface area contributed by atoms with Gasteiger partial charge in [0.2, 0.25) is 5.91 Å². The number of aromatic nitrogens is 4. The van der Waals surface area contributed by atoms with Crippen LogP contribution in [0.25, 0.3) is 27.6 Å². The van der Waals surface area contributed by atoms with E-state index in [0.717, 1.165) is 0 Å². The highest BCUT2D eigenvalue weighted by molar-refractivity contribution is 7.99. The van der Waals surface area contributed by atoms with Crippen molar-refractivity contribution in [3.63, 3.8) is 0 Å². The number of thioether (sulfide) groups is 1. The van der Waals surface area contributed by atoms with Crippen LogP contribution in [-0.4, -0.2) is 31.2 Å². The molecule has 0 fully saturated rings. The number of aromatic amines is 2. The van der Waals surface area contributed by atoms with Gasteiger partial charge < -0.3 is 15.3 Å². The Labute approximate surface area is 185 Å². The van der Waals surface area contributed by atoms with Crippen LogP contribution in [0.3, 0.4) is 0 Å². The molecule has 2 heterocycles. The van der Waals surface area contributed by atoms with Crippen LogP contribution >= 0.6 is 11.8 Å². The lowest BCUT2D eigenvalue weighted by Crippen LogP contribution is -2.22. The van der Waals surface area contributed by atoms with Gasteiger partial charge in [-0.25, -0.2) is 9.78 Å². The number of hydrogen-bond donors (Lipinski definition) is 3. The van der Waals surface area contributed by atoms with Crippen molar-refractivity contribution in [2.75, 3.05) is 11.1 Å². The summed E-state index contributed by atoms with van der Waals surface area (Å²) < 4.78 is 1.52. The Morgan fingerprint density at radius 2 is 1.69 bits per heavy atom. The Kier molecular flexibility index (Phi) is 5.08. The first kappa shape index (κ1) is 19.8. The van der Waals surface area contributed by atoms with Crippen LogP contribution in [0.5, 0.6) is 0 Å². The third-order valence-corrected chi connectivity index (χ3v) is 5.83. The number of benzene rings is 3. The Morgan fingerprint density at radius 3 is 2.53 bits per heavy atom. The molecule has 158 valence electrons. The molecule has 0 aliphatic rings. The quantitative estimate of drug-likeness (QED) is 0.285. The van der Waals surface area contributed by atoms with Crippen molar-refractivity contribution in [1.82, 2.24) is 19.5 Å². The Balaban J connectivity index is 1.43. The molecule has 8 nitrogen and oxygen atoms in total. The fourth-order valence-electron chi connectivity index (χ4n) is 3.45. The molecule has 0 radical (unpaired) electrons. The zero-order chi connectivity index (χ0) is 22.1. The molecule has 0 aliphatic heterocycles. The SMILES string of the molecule is O=C(CSc1nc2ccccc2c(=O)n1-c1ccccc1)Nc1ccc2[nH]c(=O)[nH]c2c1. The average molecular weight is 443 g/mol. The zero-order valence-electron chi connectivity index (χ0n) is 16.7. The maximum Gasteiger partial charge on any atom is 0.323 e. The number of anilines is 1. The number of rotatable bonds is 5. The molecular weight excluding hydrogens is 426 g/mol. The summed E-state index contributed by atoms with van der Waals surface area (Å²) in [5.41, 5.74) is 2.59. The van der Waals surface area contributed by atoms with E-state index in [1.165, 1.54) is 16.3 Å². The van der Waals surface area contributed by atoms with Crippen molar-refractivity contribution < 1.29 is 4.79 Å². The number of fused-ring (bicyclic) bond motifs is 2. The number of para-hydroxylation sites is 2. The van der Waals surface area contributed by atoms with Gasteiger partial charge in [-0.3, -0.25) is 14.2 Å². The summed E-state index contributed by atoms with van der Waals surface area (Å²) in [5, 5.41) is 3.76. The number of amides is 1. The second-order valence-electron chi connectivity index (χ2n) is 7.06. The monoisotopic (exact) mass is 443 g/mol. The van der Waals surface area contributed by atoms with Gasteiger partial charge >= 0.3 is 5.69 Å². The van der Waals surface area contributed by atoms with E-state index in [-0.39, 0.29) is 22.9 Å². The van der Waals surface area contributed by atoms with Crippen molar-refractivity contribution in [2.24, 2.45) is 0 Å². The fraction of sp³-hybridized carbons (Fsp3) is 0.0435. The highest BCUT2D eigenvalue weighted by Gasteiger charge is 2.15. The molecule has 0 saturated heterocycles. The largest absolute Gasteiger partial charge is 0.325 e. The van der Waals surface area contributed by atoms with E-state index in [4.69, 9.17) is 0 Å². The lowest BCUT2D eigenvalue weighted by Gasteiger charge is -2.13. The number of imidazole rings is 1. The van der Waals surface area contributed by atoms with Crippen LogP contribution in [0.4, 0.5) is 5.69 Å². The van der Waals surface area contributed by atoms with Crippen LogP contribution < -0.4 is 16.6 Å². The van der Waals surface area contributed by atoms with Gasteiger partial charge in [0, 0.05) is 5.69 Å². The summed E-state index contributed by atoms with van der Waals surface area (Å²) in [7, 11) is 0. The molecule has 3 N–H and O–H groups in total. The Morgan fingerprint density at radius 1 is 0.938 bits per heavy atom. The minimum absolute atomic E-state index is 0.0549. The molecule has 0 saturated carbocycles. The first-order chi connectivity index (χ1) is 15.6. The van der Waals surface area contributed by atoms with Gasteiger partial charge in [-0.15, -0.1) is 0 Å². The molecule has 0 unspecified atom stereocenters. The van der Waals surface area contributed by atoms with Crippen molar-refractivity contribution in [1.29, 1.82) is 0 Å². The summed E-state index contributed by atoms with van der Waals surface area (Å²) >= 11 is 1.18. The number of nitrogens with one attached hydrogen (secondary N) is 3. The zero-order valence-corrected chi connectivity index (χ0v) is 17.5. The van der Waals surface area contributed by atoms with E-state index < -0.39 is 0 Å². The van der Waals surface area contributed by atoms with Crippen LogP contribution in [0.2, 0.25) is 0 Å². The van der Waals surface area contributed by atoms with E-state index in [0.29, 0.717) is 38.5 Å². The number of H-pyrrole nitrogens is 2. The van der Waals surface area contributed by atoms with Crippen LogP contribution in [0.15, 0.2) is 87.5 Å². The van der Waals surface area contributed by atoms with Crippen LogP contribution in [-0.2, 0) is 4.79 Å². The fourth-order valence-corrected chi connectivity index (χ4v) is 4.26. The van der Waals surface area contributed by atoms with Gasteiger partial charge in [0.15, 0.2) is 5.16 Å². The molecule has 0 spiro atoms. The van der Waals surface area contributed by atoms with Gasteiger partial charge in [0.1, 0.15) is 0 Å². The Bertz CT molecular complexity index is 1570. The molecule has 0 atom stereocenters. The van der Waals surface area contributed by atoms with Gasteiger partial charge in [-0.1, -0.05) is 42.1 Å². The number of nitrogens with zero attached hydrogens (tertiary/aromatic N) is 2. The van der Waals surface area contributed by atoms with E-state index in [2.05, 4.69) is 20.3 Å². The van der Waals surface area contributed by atoms with Crippen molar-refractivity contribution in [2.45, 2.75) is 5.16 Å². The molecule has 9 heteroatoms. The summed E-state index contributed by atoms with van der Waals surface area (Å²) in [5.74, 6) is -0.200. The van der Waals surface area contributed by atoms with E-state index in [1.54, 1.807) is 36.4 Å².